The third-order valence-electron chi connectivity index (χ3n) is 4.56. The first-order valence-corrected chi connectivity index (χ1v) is 9.32. The number of benzene rings is 3. The number of halogens is 1. The first-order chi connectivity index (χ1) is 14.0. The van der Waals surface area contributed by atoms with Crippen LogP contribution in [0, 0.1) is 10.1 Å². The minimum absolute atomic E-state index is 0.107. The fourth-order valence-corrected chi connectivity index (χ4v) is 3.23. The van der Waals surface area contributed by atoms with Crippen LogP contribution in [0.2, 0.25) is 5.02 Å². The number of methoxy groups -OCH3 is 2. The van der Waals surface area contributed by atoms with Crippen molar-refractivity contribution in [2.24, 2.45) is 0 Å². The van der Waals surface area contributed by atoms with Crippen LogP contribution >= 0.6 is 11.6 Å². The van der Waals surface area contributed by atoms with E-state index in [0.717, 1.165) is 28.3 Å². The Labute approximate surface area is 174 Å². The van der Waals surface area contributed by atoms with Crippen molar-refractivity contribution in [2.45, 2.75) is 13.1 Å². The van der Waals surface area contributed by atoms with Gasteiger partial charge < -0.3 is 14.4 Å². The fraction of sp³-hybridized carbons (Fsp3) is 0.182. The molecule has 3 aromatic carbocycles. The molecule has 0 heterocycles. The molecular weight excluding hydrogens is 392 g/mol. The van der Waals surface area contributed by atoms with Gasteiger partial charge in [0.2, 0.25) is 0 Å². The SMILES string of the molecule is COc1ccc(CN(Cc2ccc(OC)cc2)c2ccc([N+](=O)[O-])c(Cl)c2)cc1. The highest BCUT2D eigenvalue weighted by atomic mass is 35.5. The second kappa shape index (κ2) is 9.30. The molecule has 0 radical (unpaired) electrons. The molecule has 0 spiro atoms. The summed E-state index contributed by atoms with van der Waals surface area (Å²) in [5.74, 6) is 1.57. The van der Waals surface area contributed by atoms with Crippen LogP contribution in [0.1, 0.15) is 11.1 Å². The molecule has 3 aromatic rings. The number of rotatable bonds is 8. The van der Waals surface area contributed by atoms with Crippen molar-refractivity contribution in [1.82, 2.24) is 0 Å². The number of ether oxygens (including phenoxy) is 2. The molecule has 0 unspecified atom stereocenters. The van der Waals surface area contributed by atoms with Crippen LogP contribution < -0.4 is 14.4 Å². The summed E-state index contributed by atoms with van der Waals surface area (Å²) in [6, 6.07) is 20.4. The van der Waals surface area contributed by atoms with Crippen molar-refractivity contribution < 1.29 is 14.4 Å². The Morgan fingerprint density at radius 3 is 1.72 bits per heavy atom. The molecule has 3 rings (SSSR count). The number of hydrogen-bond acceptors (Lipinski definition) is 5. The molecule has 0 saturated heterocycles. The molecule has 0 atom stereocenters. The van der Waals surface area contributed by atoms with E-state index in [1.165, 1.54) is 6.07 Å². The Hall–Kier alpha value is -3.25. The number of nitro groups is 1. The van der Waals surface area contributed by atoms with Crippen molar-refractivity contribution in [3.8, 4) is 11.5 Å². The Kier molecular flexibility index (Phi) is 6.57. The van der Waals surface area contributed by atoms with Gasteiger partial charge in [-0.25, -0.2) is 0 Å². The van der Waals surface area contributed by atoms with Gasteiger partial charge in [-0.3, -0.25) is 10.1 Å². The van der Waals surface area contributed by atoms with Crippen molar-refractivity contribution in [1.29, 1.82) is 0 Å². The lowest BCUT2D eigenvalue weighted by molar-refractivity contribution is -0.384. The first kappa shape index (κ1) is 20.5. The summed E-state index contributed by atoms with van der Waals surface area (Å²) in [4.78, 5) is 12.7. The van der Waals surface area contributed by atoms with Gasteiger partial charge in [0.1, 0.15) is 16.5 Å². The maximum atomic E-state index is 11.1. The quantitative estimate of drug-likeness (QED) is 0.362. The second-order valence-corrected chi connectivity index (χ2v) is 6.85. The van der Waals surface area contributed by atoms with Crippen LogP contribution in [-0.2, 0) is 13.1 Å². The summed E-state index contributed by atoms with van der Waals surface area (Å²) in [5, 5.41) is 11.2. The van der Waals surface area contributed by atoms with E-state index in [9.17, 15) is 10.1 Å². The minimum atomic E-state index is -0.483. The molecule has 0 amide bonds. The van der Waals surface area contributed by atoms with E-state index >= 15 is 0 Å². The molecular formula is C22H21ClN2O4. The van der Waals surface area contributed by atoms with E-state index in [2.05, 4.69) is 4.90 Å². The van der Waals surface area contributed by atoms with Gasteiger partial charge in [0, 0.05) is 24.8 Å². The van der Waals surface area contributed by atoms with E-state index in [0.29, 0.717) is 13.1 Å². The van der Waals surface area contributed by atoms with Crippen LogP contribution in [0.15, 0.2) is 66.7 Å². The smallest absolute Gasteiger partial charge is 0.288 e. The molecule has 7 heteroatoms. The maximum Gasteiger partial charge on any atom is 0.288 e. The lowest BCUT2D eigenvalue weighted by Gasteiger charge is -2.25. The number of nitro benzene ring substituents is 1. The molecule has 0 bridgehead atoms. The Morgan fingerprint density at radius 2 is 1.34 bits per heavy atom. The van der Waals surface area contributed by atoms with Crippen LogP contribution in [0.5, 0.6) is 11.5 Å². The highest BCUT2D eigenvalue weighted by Crippen LogP contribution is 2.31. The number of anilines is 1. The average molecular weight is 413 g/mol. The summed E-state index contributed by atoms with van der Waals surface area (Å²) in [6.07, 6.45) is 0. The molecule has 0 saturated carbocycles. The lowest BCUT2D eigenvalue weighted by atomic mass is 10.1. The van der Waals surface area contributed by atoms with Gasteiger partial charge in [-0.15, -0.1) is 0 Å². The molecule has 6 nitrogen and oxygen atoms in total. The molecule has 0 aliphatic carbocycles. The molecule has 0 aromatic heterocycles. The van der Waals surface area contributed by atoms with Gasteiger partial charge in [-0.05, 0) is 47.5 Å². The lowest BCUT2D eigenvalue weighted by Crippen LogP contribution is -2.22. The molecule has 0 N–H and O–H groups in total. The Morgan fingerprint density at radius 1 is 0.862 bits per heavy atom. The molecule has 0 aliphatic heterocycles. The summed E-state index contributed by atoms with van der Waals surface area (Å²) < 4.78 is 10.4. The fourth-order valence-electron chi connectivity index (χ4n) is 2.98. The van der Waals surface area contributed by atoms with Crippen molar-refractivity contribution in [3.05, 3.63) is 93.0 Å². The van der Waals surface area contributed by atoms with Crippen molar-refractivity contribution >= 4 is 23.0 Å². The van der Waals surface area contributed by atoms with Gasteiger partial charge in [0.05, 0.1) is 19.1 Å². The third-order valence-corrected chi connectivity index (χ3v) is 4.86. The maximum absolute atomic E-state index is 11.1. The Bertz CT molecular complexity index is 926. The zero-order chi connectivity index (χ0) is 20.8. The Balaban J connectivity index is 1.90. The first-order valence-electron chi connectivity index (χ1n) is 8.95. The molecule has 29 heavy (non-hydrogen) atoms. The molecule has 0 fully saturated rings. The van der Waals surface area contributed by atoms with Crippen molar-refractivity contribution in [2.75, 3.05) is 19.1 Å². The number of hydrogen-bond donors (Lipinski definition) is 0. The van der Waals surface area contributed by atoms with Gasteiger partial charge in [-0.1, -0.05) is 35.9 Å². The predicted octanol–water partition coefficient (Wildman–Crippen LogP) is 5.47. The average Bonchev–Trinajstić information content (AvgIpc) is 2.74. The predicted molar refractivity (Wildman–Crippen MR) is 114 cm³/mol. The molecule has 150 valence electrons. The van der Waals surface area contributed by atoms with Crippen LogP contribution in [0.4, 0.5) is 11.4 Å². The second-order valence-electron chi connectivity index (χ2n) is 6.45. The van der Waals surface area contributed by atoms with Crippen LogP contribution in [0.25, 0.3) is 0 Å². The summed E-state index contributed by atoms with van der Waals surface area (Å²) >= 11 is 6.15. The summed E-state index contributed by atoms with van der Waals surface area (Å²) in [6.45, 7) is 1.20. The van der Waals surface area contributed by atoms with Crippen molar-refractivity contribution in [3.63, 3.8) is 0 Å². The van der Waals surface area contributed by atoms with Gasteiger partial charge in [0.25, 0.3) is 5.69 Å². The van der Waals surface area contributed by atoms with Gasteiger partial charge in [0.15, 0.2) is 0 Å². The monoisotopic (exact) mass is 412 g/mol. The largest absolute Gasteiger partial charge is 0.497 e. The molecule has 0 aliphatic rings. The number of nitrogens with zero attached hydrogens (tertiary/aromatic N) is 2. The topological polar surface area (TPSA) is 64.8 Å². The highest BCUT2D eigenvalue weighted by Gasteiger charge is 2.16. The van der Waals surface area contributed by atoms with E-state index in [4.69, 9.17) is 21.1 Å². The van der Waals surface area contributed by atoms with Gasteiger partial charge in [-0.2, -0.15) is 0 Å². The zero-order valence-corrected chi connectivity index (χ0v) is 16.9. The third kappa shape index (κ3) is 5.18. The zero-order valence-electron chi connectivity index (χ0n) is 16.2. The normalized spacial score (nSPS) is 10.4. The standard InChI is InChI=1S/C22H21ClN2O4/c1-28-19-8-3-16(4-9-19)14-24(15-17-5-10-20(29-2)11-6-17)18-7-12-22(25(26)27)21(23)13-18/h3-13H,14-15H2,1-2H3. The summed E-state index contributed by atoms with van der Waals surface area (Å²) in [5.41, 5.74) is 2.85. The summed E-state index contributed by atoms with van der Waals surface area (Å²) in [7, 11) is 3.26. The van der Waals surface area contributed by atoms with Gasteiger partial charge >= 0.3 is 0 Å². The minimum Gasteiger partial charge on any atom is -0.497 e. The highest BCUT2D eigenvalue weighted by molar-refractivity contribution is 6.32. The van der Waals surface area contributed by atoms with E-state index in [-0.39, 0.29) is 10.7 Å². The van der Waals surface area contributed by atoms with E-state index in [1.54, 1.807) is 26.4 Å². The van der Waals surface area contributed by atoms with E-state index in [1.807, 2.05) is 48.5 Å². The van der Waals surface area contributed by atoms with E-state index < -0.39 is 4.92 Å². The van der Waals surface area contributed by atoms with Crippen LogP contribution in [-0.4, -0.2) is 19.1 Å². The van der Waals surface area contributed by atoms with Crippen LogP contribution in [0.3, 0.4) is 0 Å².